The number of hydrogen-bond acceptors (Lipinski definition) is 6. The monoisotopic (exact) mass is 264 g/mol. The topological polar surface area (TPSA) is 89.6 Å². The Morgan fingerprint density at radius 2 is 1.60 bits per heavy atom. The molecule has 2 heterocycles. The number of nitrogens with one attached hydrogen (secondary N) is 1. The van der Waals surface area contributed by atoms with Gasteiger partial charge in [-0.1, -0.05) is 30.3 Å². The van der Waals surface area contributed by atoms with Crippen molar-refractivity contribution in [3.05, 3.63) is 54.9 Å². The number of benzene rings is 1. The van der Waals surface area contributed by atoms with Gasteiger partial charge in [-0.2, -0.15) is 15.0 Å². The fourth-order valence-corrected chi connectivity index (χ4v) is 1.73. The lowest BCUT2D eigenvalue weighted by molar-refractivity contribution is 1.08. The third-order valence-electron chi connectivity index (χ3n) is 2.62. The van der Waals surface area contributed by atoms with Gasteiger partial charge in [0.2, 0.25) is 11.9 Å². The molecule has 1 aromatic carbocycles. The van der Waals surface area contributed by atoms with Crippen LogP contribution in [-0.4, -0.2) is 19.9 Å². The number of pyridine rings is 1. The van der Waals surface area contributed by atoms with Gasteiger partial charge in [-0.25, -0.2) is 0 Å². The van der Waals surface area contributed by atoms with E-state index in [9.17, 15) is 0 Å². The maximum Gasteiger partial charge on any atom is 0.232 e. The number of aromatic nitrogens is 4. The van der Waals surface area contributed by atoms with Crippen molar-refractivity contribution < 1.29 is 0 Å². The van der Waals surface area contributed by atoms with Gasteiger partial charge in [0.1, 0.15) is 0 Å². The highest BCUT2D eigenvalue weighted by molar-refractivity contribution is 5.60. The molecule has 0 amide bonds. The van der Waals surface area contributed by atoms with Crippen LogP contribution in [0.5, 0.6) is 0 Å². The molecule has 3 aromatic rings. The second-order valence-electron chi connectivity index (χ2n) is 4.07. The predicted molar refractivity (Wildman–Crippen MR) is 77.2 cm³/mol. The van der Waals surface area contributed by atoms with Crippen molar-refractivity contribution in [2.24, 2.45) is 0 Å². The zero-order chi connectivity index (χ0) is 13.8. The van der Waals surface area contributed by atoms with Gasteiger partial charge in [-0.3, -0.25) is 4.98 Å². The summed E-state index contributed by atoms with van der Waals surface area (Å²) in [5.74, 6) is 1.12. The van der Waals surface area contributed by atoms with Gasteiger partial charge in [0, 0.05) is 23.6 Å². The average Bonchev–Trinajstić information content (AvgIpc) is 2.49. The van der Waals surface area contributed by atoms with E-state index in [1.807, 2.05) is 42.5 Å². The van der Waals surface area contributed by atoms with Crippen LogP contribution >= 0.6 is 0 Å². The number of nitrogens with two attached hydrogens (primary N) is 1. The highest BCUT2D eigenvalue weighted by Crippen LogP contribution is 2.18. The Bertz CT molecular complexity index is 699. The Balaban J connectivity index is 1.95. The second-order valence-corrected chi connectivity index (χ2v) is 4.07. The molecule has 0 atom stereocenters. The summed E-state index contributed by atoms with van der Waals surface area (Å²) in [6.45, 7) is 0. The summed E-state index contributed by atoms with van der Waals surface area (Å²) in [4.78, 5) is 16.5. The maximum atomic E-state index is 5.74. The Kier molecular flexibility index (Phi) is 3.20. The highest BCUT2D eigenvalue weighted by Gasteiger charge is 2.06. The predicted octanol–water partition coefficient (Wildman–Crippen LogP) is 2.26. The van der Waals surface area contributed by atoms with E-state index in [4.69, 9.17) is 5.73 Å². The maximum absolute atomic E-state index is 5.74. The molecule has 0 saturated carbocycles. The van der Waals surface area contributed by atoms with E-state index < -0.39 is 0 Å². The molecule has 2 aromatic heterocycles. The van der Waals surface area contributed by atoms with Gasteiger partial charge in [-0.15, -0.1) is 0 Å². The lowest BCUT2D eigenvalue weighted by Gasteiger charge is -2.07. The van der Waals surface area contributed by atoms with Crippen molar-refractivity contribution in [3.63, 3.8) is 0 Å². The van der Waals surface area contributed by atoms with Crippen LogP contribution in [0.2, 0.25) is 0 Å². The average molecular weight is 264 g/mol. The van der Waals surface area contributed by atoms with Crippen LogP contribution in [-0.2, 0) is 0 Å². The molecule has 3 rings (SSSR count). The minimum Gasteiger partial charge on any atom is -0.368 e. The smallest absolute Gasteiger partial charge is 0.232 e. The van der Waals surface area contributed by atoms with E-state index in [0.717, 1.165) is 11.3 Å². The van der Waals surface area contributed by atoms with Gasteiger partial charge >= 0.3 is 0 Å². The zero-order valence-electron chi connectivity index (χ0n) is 10.6. The van der Waals surface area contributed by atoms with Crippen molar-refractivity contribution in [3.8, 4) is 11.4 Å². The lowest BCUT2D eigenvalue weighted by atomic mass is 10.2. The molecule has 0 saturated heterocycles. The molecule has 98 valence electrons. The second kappa shape index (κ2) is 5.31. The first-order valence-corrected chi connectivity index (χ1v) is 6.05. The zero-order valence-corrected chi connectivity index (χ0v) is 10.6. The van der Waals surface area contributed by atoms with Crippen molar-refractivity contribution in [2.45, 2.75) is 0 Å². The molecule has 0 bridgehead atoms. The summed E-state index contributed by atoms with van der Waals surface area (Å²) in [6.07, 6.45) is 3.37. The molecular weight excluding hydrogens is 252 g/mol. The molecule has 0 unspecified atom stereocenters. The summed E-state index contributed by atoms with van der Waals surface area (Å²) < 4.78 is 0. The number of nitrogens with zero attached hydrogens (tertiary/aromatic N) is 4. The normalized spacial score (nSPS) is 10.2. The van der Waals surface area contributed by atoms with Crippen LogP contribution in [0.4, 0.5) is 17.6 Å². The molecular formula is C14H12N6. The minimum absolute atomic E-state index is 0.176. The molecule has 6 heteroatoms. The number of rotatable bonds is 3. The summed E-state index contributed by atoms with van der Waals surface area (Å²) in [6, 6.07) is 13.3. The number of hydrogen-bond donors (Lipinski definition) is 2. The Morgan fingerprint density at radius 1 is 0.850 bits per heavy atom. The fourth-order valence-electron chi connectivity index (χ4n) is 1.73. The third kappa shape index (κ3) is 2.69. The van der Waals surface area contributed by atoms with Gasteiger partial charge in [0.05, 0.1) is 0 Å². The van der Waals surface area contributed by atoms with E-state index in [-0.39, 0.29) is 5.95 Å². The van der Waals surface area contributed by atoms with Crippen LogP contribution in [0.15, 0.2) is 54.9 Å². The Labute approximate surface area is 115 Å². The first kappa shape index (κ1) is 12.0. The van der Waals surface area contributed by atoms with Crippen molar-refractivity contribution in [1.82, 2.24) is 19.9 Å². The van der Waals surface area contributed by atoms with Crippen LogP contribution in [0.25, 0.3) is 11.4 Å². The SMILES string of the molecule is Nc1nc(Nc2ccncc2)nc(-c2ccccc2)n1. The molecule has 6 nitrogen and oxygen atoms in total. The van der Waals surface area contributed by atoms with Crippen LogP contribution in [0.3, 0.4) is 0 Å². The van der Waals surface area contributed by atoms with Gasteiger partial charge < -0.3 is 11.1 Å². The Morgan fingerprint density at radius 3 is 2.35 bits per heavy atom. The molecule has 0 aliphatic carbocycles. The largest absolute Gasteiger partial charge is 0.368 e. The summed E-state index contributed by atoms with van der Waals surface area (Å²) in [5.41, 5.74) is 7.46. The fraction of sp³-hybridized carbons (Fsp3) is 0. The molecule has 0 fully saturated rings. The van der Waals surface area contributed by atoms with Crippen LogP contribution < -0.4 is 11.1 Å². The highest BCUT2D eigenvalue weighted by atomic mass is 15.2. The Hall–Kier alpha value is -3.02. The molecule has 3 N–H and O–H groups in total. The molecule has 0 radical (unpaired) electrons. The van der Waals surface area contributed by atoms with E-state index in [2.05, 4.69) is 25.3 Å². The molecule has 0 aliphatic rings. The molecule has 0 aliphatic heterocycles. The molecule has 20 heavy (non-hydrogen) atoms. The number of anilines is 3. The summed E-state index contributed by atoms with van der Waals surface area (Å²) in [7, 11) is 0. The molecule has 0 spiro atoms. The quantitative estimate of drug-likeness (QED) is 0.754. The third-order valence-corrected chi connectivity index (χ3v) is 2.62. The minimum atomic E-state index is 0.176. The van der Waals surface area contributed by atoms with E-state index in [1.54, 1.807) is 12.4 Å². The van der Waals surface area contributed by atoms with E-state index in [1.165, 1.54) is 0 Å². The van der Waals surface area contributed by atoms with Gasteiger partial charge in [0.15, 0.2) is 5.82 Å². The van der Waals surface area contributed by atoms with E-state index in [0.29, 0.717) is 11.8 Å². The first-order chi connectivity index (χ1) is 9.81. The van der Waals surface area contributed by atoms with Crippen LogP contribution in [0, 0.1) is 0 Å². The van der Waals surface area contributed by atoms with Gasteiger partial charge in [-0.05, 0) is 12.1 Å². The first-order valence-electron chi connectivity index (χ1n) is 6.05. The summed E-state index contributed by atoms with van der Waals surface area (Å²) >= 11 is 0. The van der Waals surface area contributed by atoms with Crippen LogP contribution in [0.1, 0.15) is 0 Å². The van der Waals surface area contributed by atoms with Crippen molar-refractivity contribution >= 4 is 17.6 Å². The van der Waals surface area contributed by atoms with Crippen molar-refractivity contribution in [2.75, 3.05) is 11.1 Å². The van der Waals surface area contributed by atoms with Gasteiger partial charge in [0.25, 0.3) is 0 Å². The standard InChI is InChI=1S/C14H12N6/c15-13-18-12(10-4-2-1-3-5-10)19-14(20-13)17-11-6-8-16-9-7-11/h1-9H,(H3,15,16,17,18,19,20). The number of nitrogen functional groups attached to an aromatic ring is 1. The summed E-state index contributed by atoms with van der Waals surface area (Å²) in [5, 5.41) is 3.07. The van der Waals surface area contributed by atoms with Crippen molar-refractivity contribution in [1.29, 1.82) is 0 Å². The van der Waals surface area contributed by atoms with E-state index >= 15 is 0 Å². The lowest BCUT2D eigenvalue weighted by Crippen LogP contribution is -2.04.